The second kappa shape index (κ2) is 7.57. The highest BCUT2D eigenvalue weighted by Crippen LogP contribution is 2.62. The summed E-state index contributed by atoms with van der Waals surface area (Å²) >= 11 is 0. The van der Waals surface area contributed by atoms with E-state index in [1.165, 1.54) is 12.1 Å². The summed E-state index contributed by atoms with van der Waals surface area (Å²) in [5, 5.41) is 9.06. The average molecular weight is 470 g/mol. The lowest BCUT2D eigenvalue weighted by Gasteiger charge is -2.31. The first kappa shape index (κ1) is 22.4. The van der Waals surface area contributed by atoms with Gasteiger partial charge in [0.2, 0.25) is 11.8 Å². The molecule has 2 aromatic carbocycles. The quantitative estimate of drug-likeness (QED) is 0.603. The summed E-state index contributed by atoms with van der Waals surface area (Å²) in [5.41, 5.74) is -3.73. The molecule has 4 atom stereocenters. The summed E-state index contributed by atoms with van der Waals surface area (Å²) in [5.74, 6) is -2.06. The fourth-order valence-corrected chi connectivity index (χ4v) is 5.73. The fraction of sp³-hybridized carbons (Fsp3) is 0.400. The smallest absolute Gasteiger partial charge is 0.417 e. The number of anilines is 1. The molecule has 176 valence electrons. The summed E-state index contributed by atoms with van der Waals surface area (Å²) in [7, 11) is 0. The zero-order valence-electron chi connectivity index (χ0n) is 18.3. The molecule has 2 aromatic rings. The van der Waals surface area contributed by atoms with Crippen LogP contribution in [0.25, 0.3) is 0 Å². The number of alkyl halides is 3. The molecule has 3 heterocycles. The van der Waals surface area contributed by atoms with Gasteiger partial charge in [-0.3, -0.25) is 9.59 Å². The van der Waals surface area contributed by atoms with E-state index < -0.39 is 52.2 Å². The molecule has 4 unspecified atom stereocenters. The molecule has 2 amide bonds. The number of imide groups is 1. The highest BCUT2D eigenvalue weighted by atomic mass is 19.4. The molecule has 3 saturated heterocycles. The van der Waals surface area contributed by atoms with Crippen LogP contribution in [0.15, 0.2) is 48.5 Å². The molecule has 0 radical (unpaired) electrons. The predicted molar refractivity (Wildman–Crippen MR) is 114 cm³/mol. The van der Waals surface area contributed by atoms with Crippen molar-refractivity contribution >= 4 is 17.5 Å². The van der Waals surface area contributed by atoms with E-state index in [4.69, 9.17) is 14.7 Å². The minimum atomic E-state index is -4.80. The van der Waals surface area contributed by atoms with Gasteiger partial charge in [-0.05, 0) is 50.1 Å². The minimum Gasteiger partial charge on any atom is -0.493 e. The molecule has 5 rings (SSSR count). The van der Waals surface area contributed by atoms with Crippen LogP contribution < -0.4 is 9.64 Å². The van der Waals surface area contributed by atoms with Crippen molar-refractivity contribution < 1.29 is 32.2 Å². The van der Waals surface area contributed by atoms with Crippen LogP contribution in [-0.2, 0) is 20.5 Å². The van der Waals surface area contributed by atoms with Crippen LogP contribution in [0.5, 0.6) is 5.75 Å². The van der Waals surface area contributed by atoms with Crippen LogP contribution in [0, 0.1) is 23.2 Å². The maximum atomic E-state index is 13.5. The number of carbonyl (C=O) groups is 2. The highest BCUT2D eigenvalue weighted by Gasteiger charge is 2.73. The van der Waals surface area contributed by atoms with Crippen LogP contribution in [0.2, 0.25) is 0 Å². The second-order valence-corrected chi connectivity index (χ2v) is 9.20. The average Bonchev–Trinajstić information content (AvgIpc) is 3.38. The van der Waals surface area contributed by atoms with Gasteiger partial charge >= 0.3 is 6.18 Å². The van der Waals surface area contributed by atoms with E-state index >= 15 is 0 Å². The number of carbonyl (C=O) groups excluding carboxylic acids is 2. The SMILES string of the molecule is CC12CCC(CCOc3ccccc3)(O1)C1C(=O)N(c3ccc(C#N)c(C(F)(F)F)c3)C(=O)C12. The monoisotopic (exact) mass is 470 g/mol. The first-order chi connectivity index (χ1) is 16.1. The zero-order valence-corrected chi connectivity index (χ0v) is 18.3. The number of ether oxygens (including phenoxy) is 2. The van der Waals surface area contributed by atoms with E-state index in [-0.39, 0.29) is 12.3 Å². The molecule has 6 nitrogen and oxygen atoms in total. The van der Waals surface area contributed by atoms with E-state index in [0.29, 0.717) is 31.1 Å². The van der Waals surface area contributed by atoms with Crippen molar-refractivity contribution in [1.82, 2.24) is 0 Å². The first-order valence-corrected chi connectivity index (χ1v) is 11.0. The van der Waals surface area contributed by atoms with Gasteiger partial charge in [-0.25, -0.2) is 4.90 Å². The number of hydrogen-bond acceptors (Lipinski definition) is 5. The lowest BCUT2D eigenvalue weighted by Crippen LogP contribution is -2.43. The normalized spacial score (nSPS) is 29.9. The lowest BCUT2D eigenvalue weighted by atomic mass is 9.67. The number of nitriles is 1. The van der Waals surface area contributed by atoms with E-state index in [0.717, 1.165) is 11.0 Å². The van der Waals surface area contributed by atoms with Gasteiger partial charge in [-0.1, -0.05) is 18.2 Å². The number of fused-ring (bicyclic) bond motifs is 5. The first-order valence-electron chi connectivity index (χ1n) is 11.0. The second-order valence-electron chi connectivity index (χ2n) is 9.20. The maximum absolute atomic E-state index is 13.5. The lowest BCUT2D eigenvalue weighted by molar-refractivity contribution is -0.138. The molecule has 0 spiro atoms. The molecule has 0 aromatic heterocycles. The van der Waals surface area contributed by atoms with Crippen LogP contribution in [0.3, 0.4) is 0 Å². The molecule has 0 saturated carbocycles. The molecular weight excluding hydrogens is 449 g/mol. The van der Waals surface area contributed by atoms with Gasteiger partial charge in [0, 0.05) is 6.42 Å². The highest BCUT2D eigenvalue weighted by molar-refractivity contribution is 6.23. The Balaban J connectivity index is 1.45. The molecule has 3 fully saturated rings. The molecule has 0 N–H and O–H groups in total. The third-order valence-electron chi connectivity index (χ3n) is 7.24. The number of hydrogen-bond donors (Lipinski definition) is 0. The van der Waals surface area contributed by atoms with Crippen LogP contribution in [-0.4, -0.2) is 29.6 Å². The van der Waals surface area contributed by atoms with Crippen LogP contribution >= 0.6 is 0 Å². The molecule has 9 heteroatoms. The Morgan fingerprint density at radius 2 is 1.82 bits per heavy atom. The summed E-state index contributed by atoms with van der Waals surface area (Å²) in [6.07, 6.45) is -3.32. The van der Waals surface area contributed by atoms with Crippen molar-refractivity contribution in [2.75, 3.05) is 11.5 Å². The Kier molecular flexibility index (Phi) is 4.99. The van der Waals surface area contributed by atoms with Crippen molar-refractivity contribution in [3.63, 3.8) is 0 Å². The number of nitrogens with zero attached hydrogens (tertiary/aromatic N) is 2. The Morgan fingerprint density at radius 1 is 1.12 bits per heavy atom. The van der Waals surface area contributed by atoms with Crippen molar-refractivity contribution in [2.45, 2.75) is 43.6 Å². The molecule has 0 aliphatic carbocycles. The van der Waals surface area contributed by atoms with Gasteiger partial charge < -0.3 is 9.47 Å². The van der Waals surface area contributed by atoms with Gasteiger partial charge in [-0.15, -0.1) is 0 Å². The molecule has 34 heavy (non-hydrogen) atoms. The van der Waals surface area contributed by atoms with Gasteiger partial charge in [0.15, 0.2) is 0 Å². The van der Waals surface area contributed by atoms with Gasteiger partial charge in [-0.2, -0.15) is 18.4 Å². The topological polar surface area (TPSA) is 79.6 Å². The van der Waals surface area contributed by atoms with E-state index in [1.807, 2.05) is 30.3 Å². The fourth-order valence-electron chi connectivity index (χ4n) is 5.73. The number of rotatable bonds is 5. The Labute approximate surface area is 193 Å². The Morgan fingerprint density at radius 3 is 2.50 bits per heavy atom. The summed E-state index contributed by atoms with van der Waals surface area (Å²) < 4.78 is 52.6. The van der Waals surface area contributed by atoms with Crippen molar-refractivity contribution in [3.05, 3.63) is 59.7 Å². The number of benzene rings is 2. The van der Waals surface area contributed by atoms with Crippen molar-refractivity contribution in [1.29, 1.82) is 5.26 Å². The number of para-hydroxylation sites is 1. The number of amides is 2. The predicted octanol–water partition coefficient (Wildman–Crippen LogP) is 4.47. The Hall–Kier alpha value is -3.38. The standard InChI is InChI=1S/C25H21F3N2O4/c1-23-9-10-24(34-23,11-12-33-17-5-3-2-4-6-17)20-19(23)21(31)30(22(20)32)16-8-7-15(14-29)18(13-16)25(26,27)28/h2-8,13,19-20H,9-12H2,1H3. The molecule has 2 bridgehead atoms. The third kappa shape index (κ3) is 3.28. The van der Waals surface area contributed by atoms with E-state index in [9.17, 15) is 22.8 Å². The van der Waals surface area contributed by atoms with Crippen molar-refractivity contribution in [3.8, 4) is 11.8 Å². The molecular formula is C25H21F3N2O4. The van der Waals surface area contributed by atoms with Gasteiger partial charge in [0.05, 0.1) is 52.5 Å². The largest absolute Gasteiger partial charge is 0.493 e. The zero-order chi connectivity index (χ0) is 24.3. The van der Waals surface area contributed by atoms with Crippen molar-refractivity contribution in [2.24, 2.45) is 11.8 Å². The number of halogens is 3. The third-order valence-corrected chi connectivity index (χ3v) is 7.24. The summed E-state index contributed by atoms with van der Waals surface area (Å²) in [4.78, 5) is 27.8. The maximum Gasteiger partial charge on any atom is 0.417 e. The Bertz CT molecular complexity index is 1210. The van der Waals surface area contributed by atoms with Gasteiger partial charge in [0.25, 0.3) is 0 Å². The van der Waals surface area contributed by atoms with E-state index in [1.54, 1.807) is 6.92 Å². The van der Waals surface area contributed by atoms with Crippen LogP contribution in [0.1, 0.15) is 37.3 Å². The minimum absolute atomic E-state index is 0.186. The van der Waals surface area contributed by atoms with E-state index in [2.05, 4.69) is 0 Å². The summed E-state index contributed by atoms with van der Waals surface area (Å²) in [6, 6.07) is 13.6. The summed E-state index contributed by atoms with van der Waals surface area (Å²) in [6.45, 7) is 2.05. The van der Waals surface area contributed by atoms with Gasteiger partial charge in [0.1, 0.15) is 5.75 Å². The molecule has 3 aliphatic heterocycles. The van der Waals surface area contributed by atoms with Crippen LogP contribution in [0.4, 0.5) is 18.9 Å². The molecule has 3 aliphatic rings.